The van der Waals surface area contributed by atoms with Crippen molar-refractivity contribution in [3.63, 3.8) is 0 Å². The summed E-state index contributed by atoms with van der Waals surface area (Å²) in [4.78, 5) is 16.0. The van der Waals surface area contributed by atoms with E-state index in [0.717, 1.165) is 0 Å². The fourth-order valence-corrected chi connectivity index (χ4v) is 1.61. The summed E-state index contributed by atoms with van der Waals surface area (Å²) in [5, 5.41) is 0. The van der Waals surface area contributed by atoms with Crippen molar-refractivity contribution in [1.82, 2.24) is 4.98 Å². The summed E-state index contributed by atoms with van der Waals surface area (Å²) in [6.07, 6.45) is 2.85. The first-order valence-electron chi connectivity index (χ1n) is 5.37. The van der Waals surface area contributed by atoms with Gasteiger partial charge in [0.25, 0.3) is 0 Å². The lowest BCUT2D eigenvalue weighted by molar-refractivity contribution is -0.0496. The van der Waals surface area contributed by atoms with E-state index in [0.29, 0.717) is 0 Å². The number of alkyl halides is 2. The third kappa shape index (κ3) is 2.85. The first-order chi connectivity index (χ1) is 9.09. The van der Waals surface area contributed by atoms with Crippen LogP contribution < -0.4 is 10.5 Å². The molecule has 0 amide bonds. The predicted octanol–water partition coefficient (Wildman–Crippen LogP) is 2.50. The van der Waals surface area contributed by atoms with Gasteiger partial charge in [0.1, 0.15) is 0 Å². The van der Waals surface area contributed by atoms with E-state index in [9.17, 15) is 13.6 Å². The minimum absolute atomic E-state index is 0.0185. The van der Waals surface area contributed by atoms with E-state index >= 15 is 0 Å². The second-order valence-corrected chi connectivity index (χ2v) is 3.67. The Labute approximate surface area is 107 Å². The molecule has 1 aromatic carbocycles. The molecule has 0 saturated heterocycles. The van der Waals surface area contributed by atoms with Gasteiger partial charge in [0.2, 0.25) is 0 Å². The second kappa shape index (κ2) is 5.43. The van der Waals surface area contributed by atoms with E-state index in [2.05, 4.69) is 9.72 Å². The molecule has 0 unspecified atom stereocenters. The van der Waals surface area contributed by atoms with Gasteiger partial charge in [-0.1, -0.05) is 6.07 Å². The number of carbonyl (C=O) groups excluding carboxylic acids is 1. The van der Waals surface area contributed by atoms with Gasteiger partial charge in [-0.15, -0.1) is 0 Å². The molecule has 0 radical (unpaired) electrons. The van der Waals surface area contributed by atoms with Crippen molar-refractivity contribution in [3.8, 4) is 5.75 Å². The topological polar surface area (TPSA) is 65.2 Å². The third-order valence-electron chi connectivity index (χ3n) is 2.42. The molecule has 2 N–H and O–H groups in total. The van der Waals surface area contributed by atoms with E-state index in [-0.39, 0.29) is 22.6 Å². The molecular weight excluding hydrogens is 254 g/mol. The van der Waals surface area contributed by atoms with Crippen molar-refractivity contribution < 1.29 is 18.3 Å². The molecule has 0 aliphatic carbocycles. The fourth-order valence-electron chi connectivity index (χ4n) is 1.61. The molecule has 0 spiro atoms. The summed E-state index contributed by atoms with van der Waals surface area (Å²) in [7, 11) is 0. The molecule has 0 atom stereocenters. The average molecular weight is 264 g/mol. The number of hydrogen-bond acceptors (Lipinski definition) is 4. The Morgan fingerprint density at radius 1 is 1.26 bits per heavy atom. The average Bonchev–Trinajstić information content (AvgIpc) is 2.41. The van der Waals surface area contributed by atoms with E-state index in [1.165, 1.54) is 36.7 Å². The highest BCUT2D eigenvalue weighted by Crippen LogP contribution is 2.29. The van der Waals surface area contributed by atoms with Crippen molar-refractivity contribution in [2.75, 3.05) is 5.73 Å². The summed E-state index contributed by atoms with van der Waals surface area (Å²) in [5.74, 6) is -0.789. The zero-order valence-electron chi connectivity index (χ0n) is 9.72. The Balaban J connectivity index is 2.45. The Bertz CT molecular complexity index is 588. The van der Waals surface area contributed by atoms with Gasteiger partial charge in [-0.05, 0) is 24.3 Å². The van der Waals surface area contributed by atoms with Crippen molar-refractivity contribution in [2.45, 2.75) is 6.61 Å². The largest absolute Gasteiger partial charge is 0.432 e. The summed E-state index contributed by atoms with van der Waals surface area (Å²) in [6, 6.07) is 7.37. The standard InChI is InChI=1S/C13H10F2N2O2/c14-13(15)19-12-9(4-1-5-10(12)16)11(18)8-3-2-6-17-7-8/h1-7,13H,16H2. The van der Waals surface area contributed by atoms with Crippen LogP contribution in [-0.2, 0) is 0 Å². The zero-order chi connectivity index (χ0) is 13.8. The van der Waals surface area contributed by atoms with Crippen LogP contribution in [0.5, 0.6) is 5.75 Å². The van der Waals surface area contributed by atoms with Crippen LogP contribution in [0.2, 0.25) is 0 Å². The number of anilines is 1. The molecule has 0 fully saturated rings. The lowest BCUT2D eigenvalue weighted by Gasteiger charge is -2.12. The first kappa shape index (κ1) is 12.9. The molecular formula is C13H10F2N2O2. The van der Waals surface area contributed by atoms with Gasteiger partial charge in [-0.25, -0.2) is 0 Å². The number of nitrogen functional groups attached to an aromatic ring is 1. The van der Waals surface area contributed by atoms with Gasteiger partial charge < -0.3 is 10.5 Å². The number of nitrogens with zero attached hydrogens (tertiary/aromatic N) is 1. The number of ether oxygens (including phenoxy) is 1. The minimum Gasteiger partial charge on any atom is -0.432 e. The van der Waals surface area contributed by atoms with E-state index in [4.69, 9.17) is 5.73 Å². The van der Waals surface area contributed by atoms with Gasteiger partial charge in [0, 0.05) is 18.0 Å². The number of aromatic nitrogens is 1. The maximum atomic E-state index is 12.3. The van der Waals surface area contributed by atoms with Crippen LogP contribution in [-0.4, -0.2) is 17.4 Å². The monoisotopic (exact) mass is 264 g/mol. The quantitative estimate of drug-likeness (QED) is 0.680. The second-order valence-electron chi connectivity index (χ2n) is 3.67. The van der Waals surface area contributed by atoms with Crippen LogP contribution in [0.4, 0.5) is 14.5 Å². The molecule has 0 saturated carbocycles. The number of nitrogens with two attached hydrogens (primary N) is 1. The molecule has 2 aromatic rings. The molecule has 19 heavy (non-hydrogen) atoms. The van der Waals surface area contributed by atoms with Crippen molar-refractivity contribution >= 4 is 11.5 Å². The molecule has 98 valence electrons. The Morgan fingerprint density at radius 2 is 2.05 bits per heavy atom. The lowest BCUT2D eigenvalue weighted by atomic mass is 10.0. The molecule has 0 bridgehead atoms. The maximum Gasteiger partial charge on any atom is 0.387 e. The molecule has 0 aliphatic rings. The molecule has 1 aromatic heterocycles. The van der Waals surface area contributed by atoms with Crippen molar-refractivity contribution in [3.05, 3.63) is 53.9 Å². The maximum absolute atomic E-state index is 12.3. The highest BCUT2D eigenvalue weighted by atomic mass is 19.3. The number of ketones is 1. The van der Waals surface area contributed by atoms with Crippen LogP contribution in [0.25, 0.3) is 0 Å². The van der Waals surface area contributed by atoms with Gasteiger partial charge in [-0.3, -0.25) is 9.78 Å². The molecule has 4 nitrogen and oxygen atoms in total. The minimum atomic E-state index is -3.05. The summed E-state index contributed by atoms with van der Waals surface area (Å²) in [6.45, 7) is -3.05. The van der Waals surface area contributed by atoms with Crippen LogP contribution >= 0.6 is 0 Å². The SMILES string of the molecule is Nc1cccc(C(=O)c2cccnc2)c1OC(F)F. The first-order valence-corrected chi connectivity index (χ1v) is 5.37. The molecule has 1 heterocycles. The lowest BCUT2D eigenvalue weighted by Crippen LogP contribution is -2.11. The number of carbonyl (C=O) groups is 1. The number of halogens is 2. The Kier molecular flexibility index (Phi) is 3.70. The van der Waals surface area contributed by atoms with E-state index < -0.39 is 12.4 Å². The van der Waals surface area contributed by atoms with E-state index in [1.54, 1.807) is 6.07 Å². The van der Waals surface area contributed by atoms with Crippen molar-refractivity contribution in [2.24, 2.45) is 0 Å². The van der Waals surface area contributed by atoms with Crippen LogP contribution in [0.1, 0.15) is 15.9 Å². The van der Waals surface area contributed by atoms with Crippen LogP contribution in [0.15, 0.2) is 42.7 Å². The van der Waals surface area contributed by atoms with Gasteiger partial charge >= 0.3 is 6.61 Å². The number of hydrogen-bond donors (Lipinski definition) is 1. The fraction of sp³-hybridized carbons (Fsp3) is 0.0769. The van der Waals surface area contributed by atoms with E-state index in [1.807, 2.05) is 0 Å². The normalized spacial score (nSPS) is 10.5. The Hall–Kier alpha value is -2.50. The smallest absolute Gasteiger partial charge is 0.387 e. The number of para-hydroxylation sites is 1. The zero-order valence-corrected chi connectivity index (χ0v) is 9.72. The molecule has 2 rings (SSSR count). The van der Waals surface area contributed by atoms with Gasteiger partial charge in [0.05, 0.1) is 11.3 Å². The predicted molar refractivity (Wildman–Crippen MR) is 65.2 cm³/mol. The van der Waals surface area contributed by atoms with Gasteiger partial charge in [-0.2, -0.15) is 8.78 Å². The molecule has 0 aliphatic heterocycles. The van der Waals surface area contributed by atoms with Crippen LogP contribution in [0.3, 0.4) is 0 Å². The number of benzene rings is 1. The summed E-state index contributed by atoms with van der Waals surface area (Å²) >= 11 is 0. The highest BCUT2D eigenvalue weighted by Gasteiger charge is 2.19. The summed E-state index contributed by atoms with van der Waals surface area (Å²) in [5.41, 5.74) is 5.79. The third-order valence-corrected chi connectivity index (χ3v) is 2.42. The Morgan fingerprint density at radius 3 is 2.68 bits per heavy atom. The molecule has 6 heteroatoms. The van der Waals surface area contributed by atoms with Crippen LogP contribution in [0, 0.1) is 0 Å². The van der Waals surface area contributed by atoms with Crippen molar-refractivity contribution in [1.29, 1.82) is 0 Å². The van der Waals surface area contributed by atoms with Gasteiger partial charge in [0.15, 0.2) is 11.5 Å². The number of rotatable bonds is 4. The highest BCUT2D eigenvalue weighted by molar-refractivity contribution is 6.11. The number of pyridine rings is 1. The summed E-state index contributed by atoms with van der Waals surface area (Å²) < 4.78 is 29.0.